The van der Waals surface area contributed by atoms with Crippen LogP contribution in [0.1, 0.15) is 28.9 Å². The maximum absolute atomic E-state index is 12.2. The third-order valence-corrected chi connectivity index (χ3v) is 3.57. The van der Waals surface area contributed by atoms with Crippen LogP contribution in [0, 0.1) is 0 Å². The maximum Gasteiger partial charge on any atom is 0.252 e. The molecular weight excluding hydrogens is 314 g/mol. The first-order chi connectivity index (χ1) is 11.0. The van der Waals surface area contributed by atoms with E-state index in [0.29, 0.717) is 17.8 Å². The number of anilines is 1. The van der Waals surface area contributed by atoms with Crippen molar-refractivity contribution in [3.05, 3.63) is 64.7 Å². The van der Waals surface area contributed by atoms with Crippen molar-refractivity contribution < 1.29 is 9.59 Å². The van der Waals surface area contributed by atoms with Crippen molar-refractivity contribution >= 4 is 29.1 Å². The van der Waals surface area contributed by atoms with Crippen molar-refractivity contribution in [1.29, 1.82) is 0 Å². The molecule has 0 radical (unpaired) electrons. The van der Waals surface area contributed by atoms with E-state index >= 15 is 0 Å². The van der Waals surface area contributed by atoms with E-state index in [9.17, 15) is 9.59 Å². The minimum absolute atomic E-state index is 0.253. The van der Waals surface area contributed by atoms with Crippen LogP contribution in [0.25, 0.3) is 0 Å². The molecule has 0 heterocycles. The molecule has 0 aliphatic rings. The number of benzene rings is 2. The first kappa shape index (κ1) is 17.0. The molecule has 1 atom stereocenters. The molecule has 0 aromatic heterocycles. The van der Waals surface area contributed by atoms with Gasteiger partial charge in [-0.25, -0.2) is 0 Å². The second-order valence-electron chi connectivity index (χ2n) is 4.93. The number of nitrogens with two attached hydrogens (primary N) is 1. The van der Waals surface area contributed by atoms with Crippen LogP contribution in [0.4, 0.5) is 5.69 Å². The van der Waals surface area contributed by atoms with E-state index < -0.39 is 6.04 Å². The Hall–Kier alpha value is -2.37. The maximum atomic E-state index is 12.2. The average Bonchev–Trinajstić information content (AvgIpc) is 2.55. The van der Waals surface area contributed by atoms with Gasteiger partial charge in [0.25, 0.3) is 5.91 Å². The molecule has 0 bridgehead atoms. The highest BCUT2D eigenvalue weighted by molar-refractivity contribution is 6.34. The predicted octanol–water partition coefficient (Wildman–Crippen LogP) is 2.73. The number of carbonyl (C=O) groups is 2. The molecule has 2 aromatic rings. The second kappa shape index (κ2) is 7.76. The second-order valence-corrected chi connectivity index (χ2v) is 5.34. The minimum Gasteiger partial charge on any atom is -0.352 e. The number of rotatable bonds is 5. The van der Waals surface area contributed by atoms with E-state index in [2.05, 4.69) is 10.6 Å². The normalized spacial score (nSPS) is 11.6. The van der Waals surface area contributed by atoms with Gasteiger partial charge in [0, 0.05) is 12.2 Å². The summed E-state index contributed by atoms with van der Waals surface area (Å²) in [6.45, 7) is 2.34. The van der Waals surface area contributed by atoms with Gasteiger partial charge in [0.15, 0.2) is 0 Å². The van der Waals surface area contributed by atoms with Gasteiger partial charge in [0.05, 0.1) is 10.6 Å². The summed E-state index contributed by atoms with van der Waals surface area (Å²) in [5, 5.41) is 5.64. The number of carbonyl (C=O) groups excluding carboxylic acids is 2. The van der Waals surface area contributed by atoms with Crippen molar-refractivity contribution in [3.63, 3.8) is 0 Å². The molecule has 0 saturated carbocycles. The molecule has 0 spiro atoms. The summed E-state index contributed by atoms with van der Waals surface area (Å²) in [7, 11) is 0. The van der Waals surface area contributed by atoms with Crippen LogP contribution in [0.5, 0.6) is 0 Å². The van der Waals surface area contributed by atoms with Crippen molar-refractivity contribution in [2.75, 3.05) is 11.9 Å². The van der Waals surface area contributed by atoms with Gasteiger partial charge in [-0.15, -0.1) is 0 Å². The fourth-order valence-electron chi connectivity index (χ4n) is 2.06. The summed E-state index contributed by atoms with van der Waals surface area (Å²) in [5.41, 5.74) is 7.50. The van der Waals surface area contributed by atoms with E-state index in [1.807, 2.05) is 25.1 Å². The Morgan fingerprint density at radius 1 is 1.17 bits per heavy atom. The Labute approximate surface area is 139 Å². The minimum atomic E-state index is -0.780. The molecule has 2 rings (SSSR count). The Kier molecular flexibility index (Phi) is 5.73. The molecule has 0 unspecified atom stereocenters. The van der Waals surface area contributed by atoms with Gasteiger partial charge in [-0.2, -0.15) is 0 Å². The first-order valence-corrected chi connectivity index (χ1v) is 7.60. The first-order valence-electron chi connectivity index (χ1n) is 7.22. The summed E-state index contributed by atoms with van der Waals surface area (Å²) < 4.78 is 0. The van der Waals surface area contributed by atoms with Crippen LogP contribution in [-0.2, 0) is 4.79 Å². The molecule has 0 aliphatic heterocycles. The lowest BCUT2D eigenvalue weighted by Gasteiger charge is -2.13. The summed E-state index contributed by atoms with van der Waals surface area (Å²) >= 11 is 6.10. The summed E-state index contributed by atoms with van der Waals surface area (Å²) in [6.07, 6.45) is 0. The lowest BCUT2D eigenvalue weighted by molar-refractivity contribution is -0.117. The Bertz CT molecular complexity index is 704. The largest absolute Gasteiger partial charge is 0.352 e. The SMILES string of the molecule is CCNC(=O)c1ccc(NC(=O)[C@@H](N)c2ccccc2)cc1Cl. The van der Waals surface area contributed by atoms with E-state index in [1.165, 1.54) is 6.07 Å². The zero-order valence-corrected chi connectivity index (χ0v) is 13.4. The molecule has 6 heteroatoms. The van der Waals surface area contributed by atoms with E-state index in [-0.39, 0.29) is 16.8 Å². The molecule has 4 N–H and O–H groups in total. The van der Waals surface area contributed by atoms with Crippen LogP contribution in [0.2, 0.25) is 5.02 Å². The van der Waals surface area contributed by atoms with Gasteiger partial charge in [-0.3, -0.25) is 9.59 Å². The van der Waals surface area contributed by atoms with Crippen molar-refractivity contribution in [2.45, 2.75) is 13.0 Å². The Morgan fingerprint density at radius 2 is 1.87 bits per heavy atom. The number of halogens is 1. The highest BCUT2D eigenvalue weighted by Gasteiger charge is 2.16. The van der Waals surface area contributed by atoms with Crippen LogP contribution < -0.4 is 16.4 Å². The molecule has 0 aliphatic carbocycles. The van der Waals surface area contributed by atoms with Gasteiger partial charge in [0.2, 0.25) is 5.91 Å². The van der Waals surface area contributed by atoms with Crippen LogP contribution in [0.3, 0.4) is 0 Å². The number of hydrogen-bond acceptors (Lipinski definition) is 3. The van der Waals surface area contributed by atoms with Gasteiger partial charge in [-0.05, 0) is 30.7 Å². The standard InChI is InChI=1S/C17H18ClN3O2/c1-2-20-16(22)13-9-8-12(10-14(13)18)21-17(23)15(19)11-6-4-3-5-7-11/h3-10,15H,2,19H2,1H3,(H,20,22)(H,21,23)/t15-/m0/s1. The van der Waals surface area contributed by atoms with Gasteiger partial charge in [-0.1, -0.05) is 41.9 Å². The van der Waals surface area contributed by atoms with Gasteiger partial charge < -0.3 is 16.4 Å². The molecule has 23 heavy (non-hydrogen) atoms. The van der Waals surface area contributed by atoms with Crippen molar-refractivity contribution in [1.82, 2.24) is 5.32 Å². The van der Waals surface area contributed by atoms with Crippen molar-refractivity contribution in [2.24, 2.45) is 5.73 Å². The van der Waals surface area contributed by atoms with Crippen LogP contribution in [0.15, 0.2) is 48.5 Å². The smallest absolute Gasteiger partial charge is 0.252 e. The quantitative estimate of drug-likeness (QED) is 0.787. The lowest BCUT2D eigenvalue weighted by Crippen LogP contribution is -2.27. The molecule has 0 saturated heterocycles. The Morgan fingerprint density at radius 3 is 2.48 bits per heavy atom. The number of amides is 2. The van der Waals surface area contributed by atoms with Gasteiger partial charge >= 0.3 is 0 Å². The van der Waals surface area contributed by atoms with E-state index in [1.54, 1.807) is 24.3 Å². The monoisotopic (exact) mass is 331 g/mol. The molecular formula is C17H18ClN3O2. The molecule has 2 amide bonds. The molecule has 2 aromatic carbocycles. The van der Waals surface area contributed by atoms with Gasteiger partial charge in [0.1, 0.15) is 6.04 Å². The highest BCUT2D eigenvalue weighted by atomic mass is 35.5. The number of nitrogens with one attached hydrogen (secondary N) is 2. The Balaban J connectivity index is 2.10. The van der Waals surface area contributed by atoms with E-state index in [4.69, 9.17) is 17.3 Å². The molecule has 120 valence electrons. The summed E-state index contributed by atoms with van der Waals surface area (Å²) in [6, 6.07) is 13.0. The van der Waals surface area contributed by atoms with Crippen LogP contribution >= 0.6 is 11.6 Å². The predicted molar refractivity (Wildman–Crippen MR) is 91.5 cm³/mol. The zero-order chi connectivity index (χ0) is 16.8. The van der Waals surface area contributed by atoms with Crippen molar-refractivity contribution in [3.8, 4) is 0 Å². The molecule has 5 nitrogen and oxygen atoms in total. The average molecular weight is 332 g/mol. The number of hydrogen-bond donors (Lipinski definition) is 3. The fourth-order valence-corrected chi connectivity index (χ4v) is 2.33. The van der Waals surface area contributed by atoms with Crippen LogP contribution in [-0.4, -0.2) is 18.4 Å². The molecule has 0 fully saturated rings. The third-order valence-electron chi connectivity index (χ3n) is 3.26. The summed E-state index contributed by atoms with van der Waals surface area (Å²) in [4.78, 5) is 24.0. The highest BCUT2D eigenvalue weighted by Crippen LogP contribution is 2.22. The van der Waals surface area contributed by atoms with E-state index in [0.717, 1.165) is 5.56 Å². The fraction of sp³-hybridized carbons (Fsp3) is 0.176. The third kappa shape index (κ3) is 4.31. The zero-order valence-electron chi connectivity index (χ0n) is 12.7. The summed E-state index contributed by atoms with van der Waals surface area (Å²) in [5.74, 6) is -0.602. The lowest BCUT2D eigenvalue weighted by atomic mass is 10.1. The topological polar surface area (TPSA) is 84.2 Å².